The van der Waals surface area contributed by atoms with Gasteiger partial charge in [-0.2, -0.15) is 13.2 Å². The highest BCUT2D eigenvalue weighted by molar-refractivity contribution is 5.88. The van der Waals surface area contributed by atoms with E-state index in [1.807, 2.05) is 31.2 Å². The lowest BCUT2D eigenvalue weighted by Crippen LogP contribution is -2.38. The largest absolute Gasteiger partial charge is 0.391 e. The second kappa shape index (κ2) is 7.34. The second-order valence-electron chi connectivity index (χ2n) is 6.29. The van der Waals surface area contributed by atoms with E-state index in [1.165, 1.54) is 6.92 Å². The third-order valence-electron chi connectivity index (χ3n) is 4.38. The zero-order chi connectivity index (χ0) is 17.0. The van der Waals surface area contributed by atoms with Gasteiger partial charge in [0.25, 0.3) is 0 Å². The zero-order valence-electron chi connectivity index (χ0n) is 13.4. The van der Waals surface area contributed by atoms with Gasteiger partial charge in [-0.3, -0.25) is 4.79 Å². The topological polar surface area (TPSA) is 41.1 Å². The Hall–Kier alpha value is -1.56. The van der Waals surface area contributed by atoms with E-state index in [-0.39, 0.29) is 30.8 Å². The van der Waals surface area contributed by atoms with E-state index in [0.29, 0.717) is 12.8 Å². The lowest BCUT2D eigenvalue weighted by atomic mass is 9.85. The standard InChI is InChI=1S/C17H23F3N2O/c1-11(13-4-3-5-16(10-13)22-12(2)23)21-15-8-6-14(7-9-15)17(18,19)20/h3-5,10-11,14-15,21H,6-9H2,1-2H3,(H,22,23). The van der Waals surface area contributed by atoms with Crippen molar-refractivity contribution in [3.8, 4) is 0 Å². The summed E-state index contributed by atoms with van der Waals surface area (Å²) < 4.78 is 38.1. The molecule has 1 aliphatic carbocycles. The van der Waals surface area contributed by atoms with Crippen molar-refractivity contribution in [3.63, 3.8) is 0 Å². The lowest BCUT2D eigenvalue weighted by molar-refractivity contribution is -0.182. The minimum absolute atomic E-state index is 0.0242. The van der Waals surface area contributed by atoms with Crippen LogP contribution in [0.15, 0.2) is 24.3 Å². The molecule has 0 saturated heterocycles. The van der Waals surface area contributed by atoms with Gasteiger partial charge in [0.2, 0.25) is 5.91 Å². The normalized spacial score (nSPS) is 23.3. The van der Waals surface area contributed by atoms with E-state index in [9.17, 15) is 18.0 Å². The number of rotatable bonds is 4. The van der Waals surface area contributed by atoms with Crippen molar-refractivity contribution < 1.29 is 18.0 Å². The van der Waals surface area contributed by atoms with Gasteiger partial charge in [-0.1, -0.05) is 12.1 Å². The number of nitrogens with one attached hydrogen (secondary N) is 2. The first-order chi connectivity index (χ1) is 10.8. The molecule has 6 heteroatoms. The Morgan fingerprint density at radius 3 is 2.43 bits per heavy atom. The molecule has 128 valence electrons. The van der Waals surface area contributed by atoms with Crippen LogP contribution >= 0.6 is 0 Å². The average molecular weight is 328 g/mol. The lowest BCUT2D eigenvalue weighted by Gasteiger charge is -2.32. The van der Waals surface area contributed by atoms with Gasteiger partial charge >= 0.3 is 6.18 Å². The van der Waals surface area contributed by atoms with Crippen LogP contribution in [0, 0.1) is 5.92 Å². The molecule has 2 N–H and O–H groups in total. The molecule has 0 aliphatic heterocycles. The number of halogens is 3. The Bertz CT molecular complexity index is 537. The van der Waals surface area contributed by atoms with Crippen molar-refractivity contribution in [2.24, 2.45) is 5.92 Å². The highest BCUT2D eigenvalue weighted by atomic mass is 19.4. The van der Waals surface area contributed by atoms with Crippen LogP contribution in [-0.2, 0) is 4.79 Å². The molecule has 1 amide bonds. The first kappa shape index (κ1) is 17.8. The zero-order valence-corrected chi connectivity index (χ0v) is 13.4. The maximum Gasteiger partial charge on any atom is 0.391 e. The van der Waals surface area contributed by atoms with Crippen LogP contribution in [0.5, 0.6) is 0 Å². The quantitative estimate of drug-likeness (QED) is 0.859. The molecule has 1 unspecified atom stereocenters. The fourth-order valence-corrected chi connectivity index (χ4v) is 3.13. The van der Waals surface area contributed by atoms with Crippen LogP contribution in [0.25, 0.3) is 0 Å². The summed E-state index contributed by atoms with van der Waals surface area (Å²) in [5, 5.41) is 6.14. The second-order valence-corrected chi connectivity index (χ2v) is 6.29. The van der Waals surface area contributed by atoms with Gasteiger partial charge in [0, 0.05) is 24.7 Å². The predicted molar refractivity (Wildman–Crippen MR) is 84.1 cm³/mol. The number of hydrogen-bond acceptors (Lipinski definition) is 2. The summed E-state index contributed by atoms with van der Waals surface area (Å²) in [5.41, 5.74) is 1.73. The van der Waals surface area contributed by atoms with Crippen molar-refractivity contribution in [1.82, 2.24) is 5.32 Å². The molecule has 0 radical (unpaired) electrons. The summed E-state index contributed by atoms with van der Waals surface area (Å²) in [6.07, 6.45) is -2.59. The van der Waals surface area contributed by atoms with Crippen LogP contribution in [0.3, 0.4) is 0 Å². The van der Waals surface area contributed by atoms with Crippen LogP contribution in [-0.4, -0.2) is 18.1 Å². The van der Waals surface area contributed by atoms with Crippen LogP contribution in [0.2, 0.25) is 0 Å². The van der Waals surface area contributed by atoms with E-state index >= 15 is 0 Å². The molecule has 0 spiro atoms. The predicted octanol–water partition coefficient (Wildman–Crippen LogP) is 4.42. The SMILES string of the molecule is CC(=O)Nc1cccc(C(C)NC2CCC(C(F)(F)F)CC2)c1. The van der Waals surface area contributed by atoms with E-state index in [0.717, 1.165) is 11.3 Å². The third kappa shape index (κ3) is 5.23. The number of hydrogen-bond donors (Lipinski definition) is 2. The summed E-state index contributed by atoms with van der Waals surface area (Å²) in [4.78, 5) is 11.1. The number of amides is 1. The van der Waals surface area contributed by atoms with Crippen LogP contribution < -0.4 is 10.6 Å². The molecule has 1 saturated carbocycles. The summed E-state index contributed by atoms with van der Waals surface area (Å²) in [6.45, 7) is 3.44. The van der Waals surface area contributed by atoms with Gasteiger partial charge in [-0.25, -0.2) is 0 Å². The fourth-order valence-electron chi connectivity index (χ4n) is 3.13. The van der Waals surface area contributed by atoms with Gasteiger partial charge in [-0.05, 0) is 50.3 Å². The molecule has 0 heterocycles. The Balaban J connectivity index is 1.90. The molecule has 23 heavy (non-hydrogen) atoms. The Morgan fingerprint density at radius 2 is 1.87 bits per heavy atom. The fraction of sp³-hybridized carbons (Fsp3) is 0.588. The van der Waals surface area contributed by atoms with Crippen LogP contribution in [0.1, 0.15) is 51.1 Å². The average Bonchev–Trinajstić information content (AvgIpc) is 2.46. The number of anilines is 1. The molecule has 0 aromatic heterocycles. The highest BCUT2D eigenvalue weighted by Gasteiger charge is 2.41. The molecule has 1 aliphatic rings. The monoisotopic (exact) mass is 328 g/mol. The summed E-state index contributed by atoms with van der Waals surface area (Å²) in [5.74, 6) is -1.29. The molecule has 1 aromatic rings. The van der Waals surface area contributed by atoms with Crippen molar-refractivity contribution in [2.45, 2.75) is 57.8 Å². The number of carbonyl (C=O) groups is 1. The first-order valence-corrected chi connectivity index (χ1v) is 7.96. The molecular weight excluding hydrogens is 305 g/mol. The molecular formula is C17H23F3N2O. The number of benzene rings is 1. The first-order valence-electron chi connectivity index (χ1n) is 7.96. The van der Waals surface area contributed by atoms with E-state index < -0.39 is 12.1 Å². The van der Waals surface area contributed by atoms with Gasteiger partial charge in [0.1, 0.15) is 0 Å². The maximum absolute atomic E-state index is 12.7. The van der Waals surface area contributed by atoms with Gasteiger partial charge in [-0.15, -0.1) is 0 Å². The van der Waals surface area contributed by atoms with Crippen molar-refractivity contribution in [3.05, 3.63) is 29.8 Å². The molecule has 1 aromatic carbocycles. The summed E-state index contributed by atoms with van der Waals surface area (Å²) in [6, 6.07) is 7.64. The smallest absolute Gasteiger partial charge is 0.326 e. The van der Waals surface area contributed by atoms with Crippen LogP contribution in [0.4, 0.5) is 18.9 Å². The minimum atomic E-state index is -4.07. The van der Waals surface area contributed by atoms with Crippen molar-refractivity contribution >= 4 is 11.6 Å². The van der Waals surface area contributed by atoms with Gasteiger partial charge in [0.05, 0.1) is 5.92 Å². The van der Waals surface area contributed by atoms with Gasteiger partial charge in [0.15, 0.2) is 0 Å². The molecule has 1 fully saturated rings. The van der Waals surface area contributed by atoms with E-state index in [1.54, 1.807) is 0 Å². The van der Waals surface area contributed by atoms with E-state index in [2.05, 4.69) is 10.6 Å². The summed E-state index contributed by atoms with van der Waals surface area (Å²) >= 11 is 0. The Kier molecular flexibility index (Phi) is 5.68. The van der Waals surface area contributed by atoms with Crippen molar-refractivity contribution in [1.29, 1.82) is 0 Å². The molecule has 2 rings (SSSR count). The number of alkyl halides is 3. The maximum atomic E-state index is 12.7. The molecule has 1 atom stereocenters. The Labute approximate surface area is 134 Å². The molecule has 3 nitrogen and oxygen atoms in total. The highest BCUT2D eigenvalue weighted by Crippen LogP contribution is 2.37. The summed E-state index contributed by atoms with van der Waals surface area (Å²) in [7, 11) is 0. The van der Waals surface area contributed by atoms with Crippen molar-refractivity contribution in [2.75, 3.05) is 5.32 Å². The van der Waals surface area contributed by atoms with E-state index in [4.69, 9.17) is 0 Å². The third-order valence-corrected chi connectivity index (χ3v) is 4.38. The van der Waals surface area contributed by atoms with Gasteiger partial charge < -0.3 is 10.6 Å². The Morgan fingerprint density at radius 1 is 1.22 bits per heavy atom. The molecule has 0 bridgehead atoms. The minimum Gasteiger partial charge on any atom is -0.326 e. The number of carbonyl (C=O) groups excluding carboxylic acids is 1.